The van der Waals surface area contributed by atoms with Crippen molar-refractivity contribution in [3.05, 3.63) is 17.5 Å². The van der Waals surface area contributed by atoms with Crippen LogP contribution in [0.25, 0.3) is 0 Å². The summed E-state index contributed by atoms with van der Waals surface area (Å²) in [5.74, 6) is 0.324. The van der Waals surface area contributed by atoms with Gasteiger partial charge in [0.05, 0.1) is 12.1 Å². The zero-order chi connectivity index (χ0) is 15.5. The van der Waals surface area contributed by atoms with E-state index in [4.69, 9.17) is 0 Å². The Hall–Kier alpha value is -0.430. The molecule has 1 heterocycles. The van der Waals surface area contributed by atoms with Crippen molar-refractivity contribution in [2.24, 2.45) is 11.8 Å². The summed E-state index contributed by atoms with van der Waals surface area (Å²) in [4.78, 5) is 0. The number of hydrogen-bond donors (Lipinski definition) is 2. The molecular formula is C15H25NO3S2. The van der Waals surface area contributed by atoms with Crippen LogP contribution in [0, 0.1) is 11.8 Å². The molecule has 0 saturated heterocycles. The molecule has 0 aliphatic heterocycles. The van der Waals surface area contributed by atoms with Crippen molar-refractivity contribution in [3.63, 3.8) is 0 Å². The van der Waals surface area contributed by atoms with Crippen molar-refractivity contribution in [2.75, 3.05) is 0 Å². The first-order valence-electron chi connectivity index (χ1n) is 7.69. The minimum Gasteiger partial charge on any atom is -0.391 e. The molecular weight excluding hydrogens is 306 g/mol. The van der Waals surface area contributed by atoms with Gasteiger partial charge in [0.25, 0.3) is 0 Å². The summed E-state index contributed by atoms with van der Waals surface area (Å²) in [5.41, 5.74) is 0. The first kappa shape index (κ1) is 16.9. The van der Waals surface area contributed by atoms with E-state index in [1.807, 2.05) is 13.8 Å². The van der Waals surface area contributed by atoms with Crippen molar-refractivity contribution >= 4 is 21.4 Å². The molecule has 0 amide bonds. The molecule has 1 fully saturated rings. The van der Waals surface area contributed by atoms with Crippen molar-refractivity contribution in [1.82, 2.24) is 4.72 Å². The van der Waals surface area contributed by atoms with Crippen molar-refractivity contribution in [1.29, 1.82) is 0 Å². The van der Waals surface area contributed by atoms with Gasteiger partial charge in [0.15, 0.2) is 0 Å². The molecule has 2 rings (SSSR count). The predicted molar refractivity (Wildman–Crippen MR) is 85.8 cm³/mol. The quantitative estimate of drug-likeness (QED) is 0.807. The fourth-order valence-corrected chi connectivity index (χ4v) is 5.39. The second-order valence-corrected chi connectivity index (χ2v) is 8.89. The lowest BCUT2D eigenvalue weighted by atomic mass is 9.87. The van der Waals surface area contributed by atoms with Gasteiger partial charge >= 0.3 is 0 Å². The summed E-state index contributed by atoms with van der Waals surface area (Å²) < 4.78 is 27.9. The highest BCUT2D eigenvalue weighted by Crippen LogP contribution is 2.32. The lowest BCUT2D eigenvalue weighted by Crippen LogP contribution is -2.49. The Morgan fingerprint density at radius 3 is 2.62 bits per heavy atom. The Balaban J connectivity index is 2.16. The van der Waals surface area contributed by atoms with Crippen LogP contribution in [0.1, 0.15) is 46.0 Å². The van der Waals surface area contributed by atoms with Gasteiger partial charge in [-0.15, -0.1) is 11.3 Å². The number of aliphatic hydroxyl groups is 1. The zero-order valence-electron chi connectivity index (χ0n) is 12.7. The van der Waals surface area contributed by atoms with Crippen LogP contribution in [0.4, 0.5) is 0 Å². The molecule has 6 heteroatoms. The molecule has 1 aliphatic rings. The molecule has 2 N–H and O–H groups in total. The van der Waals surface area contributed by atoms with Crippen LogP contribution in [0.3, 0.4) is 0 Å². The summed E-state index contributed by atoms with van der Waals surface area (Å²) in [7, 11) is -3.54. The molecule has 21 heavy (non-hydrogen) atoms. The number of aliphatic hydroxyl groups excluding tert-OH is 1. The number of nitrogens with one attached hydrogen (secondary N) is 1. The molecule has 3 atom stereocenters. The third kappa shape index (κ3) is 4.06. The van der Waals surface area contributed by atoms with E-state index in [-0.39, 0.29) is 11.8 Å². The average molecular weight is 332 g/mol. The van der Waals surface area contributed by atoms with Crippen LogP contribution >= 0.6 is 11.3 Å². The summed E-state index contributed by atoms with van der Waals surface area (Å²) in [6, 6.07) is 2.92. The van der Waals surface area contributed by atoms with Gasteiger partial charge in [-0.05, 0) is 36.1 Å². The first-order chi connectivity index (χ1) is 9.95. The lowest BCUT2D eigenvalue weighted by Gasteiger charge is -2.32. The highest BCUT2D eigenvalue weighted by atomic mass is 32.2. The largest absolute Gasteiger partial charge is 0.391 e. The van der Waals surface area contributed by atoms with Gasteiger partial charge in [-0.1, -0.05) is 39.2 Å². The van der Waals surface area contributed by atoms with Crippen LogP contribution in [0.5, 0.6) is 0 Å². The van der Waals surface area contributed by atoms with Crippen LogP contribution in [0.2, 0.25) is 0 Å². The number of hydrogen-bond acceptors (Lipinski definition) is 4. The minimum atomic E-state index is -3.54. The first-order valence-corrected chi connectivity index (χ1v) is 10.1. The number of rotatable bonds is 7. The maximum Gasteiger partial charge on any atom is 0.250 e. The van der Waals surface area contributed by atoms with Gasteiger partial charge in [-0.25, -0.2) is 13.1 Å². The monoisotopic (exact) mass is 331 g/mol. The Kier molecular flexibility index (Phi) is 5.82. The maximum atomic E-state index is 12.4. The van der Waals surface area contributed by atoms with Gasteiger partial charge in [0.1, 0.15) is 4.21 Å². The van der Waals surface area contributed by atoms with Crippen LogP contribution in [-0.4, -0.2) is 25.7 Å². The van der Waals surface area contributed by atoms with E-state index in [1.165, 1.54) is 11.3 Å². The molecule has 0 bridgehead atoms. The molecule has 0 aromatic carbocycles. The molecule has 120 valence electrons. The topological polar surface area (TPSA) is 66.4 Å². The van der Waals surface area contributed by atoms with Gasteiger partial charge in [0.2, 0.25) is 10.0 Å². The SMILES string of the molecule is CCC(C)[C@H](NS(=O)(=O)c1cccs1)C(O)C1CCCC1. The van der Waals surface area contributed by atoms with E-state index in [0.29, 0.717) is 4.21 Å². The molecule has 1 saturated carbocycles. The molecule has 0 spiro atoms. The Morgan fingerprint density at radius 2 is 2.10 bits per heavy atom. The molecule has 0 radical (unpaired) electrons. The average Bonchev–Trinajstić information content (AvgIpc) is 3.15. The fourth-order valence-electron chi connectivity index (χ4n) is 3.02. The lowest BCUT2D eigenvalue weighted by molar-refractivity contribution is 0.0587. The highest BCUT2D eigenvalue weighted by molar-refractivity contribution is 7.91. The maximum absolute atomic E-state index is 12.4. The third-order valence-electron chi connectivity index (χ3n) is 4.56. The second kappa shape index (κ2) is 7.22. The number of thiophene rings is 1. The zero-order valence-corrected chi connectivity index (χ0v) is 14.3. The van der Waals surface area contributed by atoms with Crippen LogP contribution < -0.4 is 4.72 Å². The summed E-state index contributed by atoms with van der Waals surface area (Å²) in [6.45, 7) is 4.03. The summed E-state index contributed by atoms with van der Waals surface area (Å²) in [6.07, 6.45) is 4.49. The third-order valence-corrected chi connectivity index (χ3v) is 7.42. The fraction of sp³-hybridized carbons (Fsp3) is 0.733. The van der Waals surface area contributed by atoms with Gasteiger partial charge in [-0.2, -0.15) is 0 Å². The van der Waals surface area contributed by atoms with E-state index in [2.05, 4.69) is 4.72 Å². The van der Waals surface area contributed by atoms with Gasteiger partial charge in [-0.3, -0.25) is 0 Å². The number of sulfonamides is 1. The predicted octanol–water partition coefficient (Wildman–Crippen LogP) is 2.99. The molecule has 1 aliphatic carbocycles. The van der Waals surface area contributed by atoms with E-state index in [9.17, 15) is 13.5 Å². The van der Waals surface area contributed by atoms with Gasteiger partial charge < -0.3 is 5.11 Å². The Labute approximate surface area is 131 Å². The van der Waals surface area contributed by atoms with E-state index in [0.717, 1.165) is 32.1 Å². The molecule has 4 nitrogen and oxygen atoms in total. The molecule has 1 aromatic rings. The summed E-state index contributed by atoms with van der Waals surface area (Å²) >= 11 is 1.20. The summed E-state index contributed by atoms with van der Waals surface area (Å²) in [5, 5.41) is 12.4. The smallest absolute Gasteiger partial charge is 0.250 e. The van der Waals surface area contributed by atoms with E-state index >= 15 is 0 Å². The minimum absolute atomic E-state index is 0.107. The van der Waals surface area contributed by atoms with Crippen LogP contribution in [-0.2, 0) is 10.0 Å². The molecule has 2 unspecified atom stereocenters. The Morgan fingerprint density at radius 1 is 1.43 bits per heavy atom. The Bertz CT molecular complexity index is 521. The van der Waals surface area contributed by atoms with Gasteiger partial charge in [0, 0.05) is 0 Å². The highest BCUT2D eigenvalue weighted by Gasteiger charge is 2.35. The van der Waals surface area contributed by atoms with E-state index < -0.39 is 22.2 Å². The molecule has 1 aromatic heterocycles. The standard InChI is InChI=1S/C15H25NO3S2/c1-3-11(2)14(15(17)12-7-4-5-8-12)16-21(18,19)13-9-6-10-20-13/h6,9-12,14-17H,3-5,7-8H2,1-2H3/t11?,14-,15?/m0/s1. The van der Waals surface area contributed by atoms with Crippen molar-refractivity contribution in [3.8, 4) is 0 Å². The second-order valence-electron chi connectivity index (χ2n) is 6.00. The van der Waals surface area contributed by atoms with E-state index in [1.54, 1.807) is 17.5 Å². The van der Waals surface area contributed by atoms with Crippen molar-refractivity contribution < 1.29 is 13.5 Å². The van der Waals surface area contributed by atoms with Crippen LogP contribution in [0.15, 0.2) is 21.7 Å². The normalized spacial score (nSPS) is 21.3. The van der Waals surface area contributed by atoms with Crippen molar-refractivity contribution in [2.45, 2.75) is 62.3 Å².